The van der Waals surface area contributed by atoms with Gasteiger partial charge in [0.05, 0.1) is 17.4 Å². The highest BCUT2D eigenvalue weighted by molar-refractivity contribution is 14.0. The van der Waals surface area contributed by atoms with Gasteiger partial charge in [0.15, 0.2) is 5.96 Å². The molecule has 2 aromatic rings. The number of hydrogen-bond acceptors (Lipinski definition) is 3. The fourth-order valence-corrected chi connectivity index (χ4v) is 3.13. The van der Waals surface area contributed by atoms with E-state index in [1.165, 1.54) is 12.1 Å². The number of hydrogen-bond donors (Lipinski definition) is 1. The first kappa shape index (κ1) is 25.5. The van der Waals surface area contributed by atoms with Crippen molar-refractivity contribution < 1.29 is 18.0 Å². The van der Waals surface area contributed by atoms with Gasteiger partial charge in [0, 0.05) is 38.4 Å². The summed E-state index contributed by atoms with van der Waals surface area (Å²) in [6.45, 7) is 3.84. The average Bonchev–Trinajstić information content (AvgIpc) is 3.16. The standard InChI is InChI=1S/C21H23F3N6O.HI/c1-3-25-20(26-9-5-7-16-6-4-8-17(12-16)21(22,23)24)29-10-11-30(19(31)15-29)18-13-27-28(2)14-18;/h4,6,8,12-14H,3,9-11,15H2,1-2H3,(H,25,26);1H. The van der Waals surface area contributed by atoms with Crippen LogP contribution in [0.3, 0.4) is 0 Å². The Morgan fingerprint density at radius 2 is 2.09 bits per heavy atom. The molecule has 1 saturated heterocycles. The van der Waals surface area contributed by atoms with Crippen LogP contribution >= 0.6 is 24.0 Å². The van der Waals surface area contributed by atoms with Crippen molar-refractivity contribution in [1.29, 1.82) is 0 Å². The van der Waals surface area contributed by atoms with Gasteiger partial charge < -0.3 is 15.1 Å². The molecule has 0 unspecified atom stereocenters. The van der Waals surface area contributed by atoms with Crippen LogP contribution in [0.2, 0.25) is 0 Å². The number of carbonyl (C=O) groups excluding carboxylic acids is 1. The third-order valence-corrected chi connectivity index (χ3v) is 4.59. The predicted octanol–water partition coefficient (Wildman–Crippen LogP) is 2.72. The Labute approximate surface area is 201 Å². The maximum Gasteiger partial charge on any atom is 0.416 e. The Morgan fingerprint density at radius 3 is 2.72 bits per heavy atom. The predicted molar refractivity (Wildman–Crippen MR) is 127 cm³/mol. The molecule has 7 nitrogen and oxygen atoms in total. The van der Waals surface area contributed by atoms with Crippen LogP contribution in [0.5, 0.6) is 0 Å². The molecule has 1 amide bonds. The lowest BCUT2D eigenvalue weighted by atomic mass is 10.1. The monoisotopic (exact) mass is 560 g/mol. The highest BCUT2D eigenvalue weighted by Gasteiger charge is 2.30. The normalized spacial score (nSPS) is 14.5. The van der Waals surface area contributed by atoms with Crippen LogP contribution < -0.4 is 10.2 Å². The average molecular weight is 560 g/mol. The number of piperazine rings is 1. The second-order valence-electron chi connectivity index (χ2n) is 6.89. The molecule has 1 aliphatic heterocycles. The Bertz CT molecular complexity index is 1020. The van der Waals surface area contributed by atoms with Crippen LogP contribution in [-0.2, 0) is 18.0 Å². The zero-order chi connectivity index (χ0) is 22.4. The second-order valence-corrected chi connectivity index (χ2v) is 6.89. The quantitative estimate of drug-likeness (QED) is 0.272. The van der Waals surface area contributed by atoms with Gasteiger partial charge >= 0.3 is 6.18 Å². The summed E-state index contributed by atoms with van der Waals surface area (Å²) in [7, 11) is 1.79. The largest absolute Gasteiger partial charge is 0.416 e. The van der Waals surface area contributed by atoms with Crippen molar-refractivity contribution in [3.63, 3.8) is 0 Å². The first-order valence-electron chi connectivity index (χ1n) is 9.76. The number of guanidine groups is 1. The number of amides is 1. The van der Waals surface area contributed by atoms with Crippen molar-refractivity contribution in [2.45, 2.75) is 13.1 Å². The maximum absolute atomic E-state index is 12.8. The fourth-order valence-electron chi connectivity index (χ4n) is 3.13. The van der Waals surface area contributed by atoms with Crippen molar-refractivity contribution >= 4 is 41.5 Å². The van der Waals surface area contributed by atoms with Crippen LogP contribution in [-0.4, -0.2) is 59.3 Å². The van der Waals surface area contributed by atoms with E-state index in [0.717, 1.165) is 17.8 Å². The molecule has 2 heterocycles. The van der Waals surface area contributed by atoms with E-state index in [9.17, 15) is 18.0 Å². The molecule has 32 heavy (non-hydrogen) atoms. The van der Waals surface area contributed by atoms with E-state index in [1.807, 2.05) is 11.8 Å². The summed E-state index contributed by atoms with van der Waals surface area (Å²) in [5.74, 6) is 5.96. The summed E-state index contributed by atoms with van der Waals surface area (Å²) in [6, 6.07) is 4.87. The highest BCUT2D eigenvalue weighted by atomic mass is 127. The zero-order valence-corrected chi connectivity index (χ0v) is 20.0. The minimum absolute atomic E-state index is 0. The van der Waals surface area contributed by atoms with Gasteiger partial charge in [-0.15, -0.1) is 24.0 Å². The molecule has 0 spiro atoms. The molecule has 3 rings (SSSR count). The lowest BCUT2D eigenvalue weighted by Crippen LogP contribution is -2.55. The lowest BCUT2D eigenvalue weighted by Gasteiger charge is -2.35. The Morgan fingerprint density at radius 1 is 1.31 bits per heavy atom. The molecule has 0 bridgehead atoms. The number of alkyl halides is 3. The van der Waals surface area contributed by atoms with Crippen molar-refractivity contribution in [3.8, 4) is 11.8 Å². The Hall–Kier alpha value is -2.75. The Kier molecular flexibility index (Phi) is 8.94. The minimum atomic E-state index is -4.40. The Balaban J connectivity index is 0.00000363. The molecule has 1 aliphatic rings. The van der Waals surface area contributed by atoms with Gasteiger partial charge in [0.1, 0.15) is 13.1 Å². The minimum Gasteiger partial charge on any atom is -0.356 e. The number of aryl methyl sites for hydroxylation is 1. The maximum atomic E-state index is 12.8. The zero-order valence-electron chi connectivity index (χ0n) is 17.7. The molecule has 1 fully saturated rings. The number of nitrogens with zero attached hydrogens (tertiary/aromatic N) is 5. The second kappa shape index (κ2) is 11.2. The number of rotatable bonds is 3. The number of halogens is 4. The number of benzene rings is 1. The summed E-state index contributed by atoms with van der Waals surface area (Å²) < 4.78 is 40.0. The van der Waals surface area contributed by atoms with Gasteiger partial charge in [-0.3, -0.25) is 9.48 Å². The van der Waals surface area contributed by atoms with E-state index in [-0.39, 0.29) is 48.5 Å². The fraction of sp³-hybridized carbons (Fsp3) is 0.381. The first-order valence-corrected chi connectivity index (χ1v) is 9.76. The number of aliphatic imine (C=N–C) groups is 1. The summed E-state index contributed by atoms with van der Waals surface area (Å²) in [6.07, 6.45) is -0.967. The summed E-state index contributed by atoms with van der Waals surface area (Å²) in [5.41, 5.74) is 0.289. The van der Waals surface area contributed by atoms with E-state index in [4.69, 9.17) is 0 Å². The van der Waals surface area contributed by atoms with E-state index in [1.54, 1.807) is 29.0 Å². The molecular formula is C21H24F3IN6O. The van der Waals surface area contributed by atoms with Crippen molar-refractivity contribution in [3.05, 3.63) is 47.8 Å². The van der Waals surface area contributed by atoms with Gasteiger partial charge in [-0.25, -0.2) is 4.99 Å². The molecule has 172 valence electrons. The molecule has 1 aromatic carbocycles. The van der Waals surface area contributed by atoms with Crippen LogP contribution in [0, 0.1) is 11.8 Å². The summed E-state index contributed by atoms with van der Waals surface area (Å²) in [4.78, 5) is 20.5. The highest BCUT2D eigenvalue weighted by Crippen LogP contribution is 2.29. The van der Waals surface area contributed by atoms with Gasteiger partial charge in [-0.1, -0.05) is 17.9 Å². The smallest absolute Gasteiger partial charge is 0.356 e. The van der Waals surface area contributed by atoms with Crippen molar-refractivity contribution in [2.24, 2.45) is 12.0 Å². The third kappa shape index (κ3) is 6.62. The van der Waals surface area contributed by atoms with Crippen LogP contribution in [0.4, 0.5) is 18.9 Å². The van der Waals surface area contributed by atoms with Gasteiger partial charge in [0.2, 0.25) is 5.91 Å². The number of nitrogens with one attached hydrogen (secondary N) is 1. The molecule has 1 N–H and O–H groups in total. The lowest BCUT2D eigenvalue weighted by molar-refractivity contribution is -0.137. The molecule has 0 aliphatic carbocycles. The van der Waals surface area contributed by atoms with E-state index in [0.29, 0.717) is 25.6 Å². The molecule has 11 heteroatoms. The number of aromatic nitrogens is 2. The van der Waals surface area contributed by atoms with Gasteiger partial charge in [-0.2, -0.15) is 18.3 Å². The third-order valence-electron chi connectivity index (χ3n) is 4.59. The SMILES string of the molecule is CCNC(=NCC#Cc1cccc(C(F)(F)F)c1)N1CCN(c2cnn(C)c2)C(=O)C1.I. The molecule has 0 saturated carbocycles. The van der Waals surface area contributed by atoms with E-state index < -0.39 is 11.7 Å². The topological polar surface area (TPSA) is 65.8 Å². The molecule has 0 atom stereocenters. The van der Waals surface area contributed by atoms with Crippen LogP contribution in [0.25, 0.3) is 0 Å². The van der Waals surface area contributed by atoms with Gasteiger partial charge in [0.25, 0.3) is 0 Å². The van der Waals surface area contributed by atoms with Gasteiger partial charge in [-0.05, 0) is 25.1 Å². The van der Waals surface area contributed by atoms with E-state index >= 15 is 0 Å². The summed E-state index contributed by atoms with van der Waals surface area (Å²) in [5, 5.41) is 7.23. The number of anilines is 1. The van der Waals surface area contributed by atoms with Crippen LogP contribution in [0.15, 0.2) is 41.7 Å². The van der Waals surface area contributed by atoms with E-state index in [2.05, 4.69) is 27.2 Å². The van der Waals surface area contributed by atoms with Crippen LogP contribution in [0.1, 0.15) is 18.1 Å². The molecule has 1 aromatic heterocycles. The molecular weight excluding hydrogens is 536 g/mol. The summed E-state index contributed by atoms with van der Waals surface area (Å²) >= 11 is 0. The molecule has 0 radical (unpaired) electrons. The first-order chi connectivity index (χ1) is 14.8. The number of carbonyl (C=O) groups is 1. The van der Waals surface area contributed by atoms with Crippen molar-refractivity contribution in [1.82, 2.24) is 20.0 Å². The van der Waals surface area contributed by atoms with Crippen molar-refractivity contribution in [2.75, 3.05) is 37.6 Å².